The molecular formula is C11H22N2O4. The number of aliphatic carboxylic acids is 1. The van der Waals surface area contributed by atoms with E-state index in [9.17, 15) is 9.59 Å². The first-order chi connectivity index (χ1) is 7.88. The van der Waals surface area contributed by atoms with E-state index in [0.717, 1.165) is 0 Å². The maximum atomic E-state index is 11.5. The molecule has 0 aromatic heterocycles. The first-order valence-electron chi connectivity index (χ1n) is 5.78. The topological polar surface area (TPSA) is 89.9 Å². The van der Waals surface area contributed by atoms with E-state index in [4.69, 9.17) is 10.2 Å². The van der Waals surface area contributed by atoms with Gasteiger partial charge in [-0.3, -0.25) is 4.79 Å². The van der Waals surface area contributed by atoms with Crippen molar-refractivity contribution in [2.75, 3.05) is 20.1 Å². The van der Waals surface area contributed by atoms with Crippen LogP contribution < -0.4 is 5.32 Å². The molecule has 3 N–H and O–H groups in total. The van der Waals surface area contributed by atoms with E-state index in [1.54, 1.807) is 20.9 Å². The molecule has 17 heavy (non-hydrogen) atoms. The SMILES string of the molecule is CCC(CNC(=O)N(C)CCC(C)O)C(=O)O. The van der Waals surface area contributed by atoms with Crippen molar-refractivity contribution < 1.29 is 19.8 Å². The van der Waals surface area contributed by atoms with Crippen LogP contribution in [0.5, 0.6) is 0 Å². The van der Waals surface area contributed by atoms with Crippen LogP contribution in [0.15, 0.2) is 0 Å². The first-order valence-corrected chi connectivity index (χ1v) is 5.78. The third-order valence-electron chi connectivity index (χ3n) is 2.57. The van der Waals surface area contributed by atoms with Crippen LogP contribution in [0, 0.1) is 5.92 Å². The highest BCUT2D eigenvalue weighted by atomic mass is 16.4. The van der Waals surface area contributed by atoms with Crippen molar-refractivity contribution in [3.8, 4) is 0 Å². The van der Waals surface area contributed by atoms with Gasteiger partial charge in [-0.1, -0.05) is 6.92 Å². The Labute approximate surface area is 102 Å². The molecule has 2 atom stereocenters. The Morgan fingerprint density at radius 1 is 1.41 bits per heavy atom. The van der Waals surface area contributed by atoms with Crippen molar-refractivity contribution in [3.63, 3.8) is 0 Å². The summed E-state index contributed by atoms with van der Waals surface area (Å²) >= 11 is 0. The van der Waals surface area contributed by atoms with Gasteiger partial charge in [-0.15, -0.1) is 0 Å². The van der Waals surface area contributed by atoms with Crippen LogP contribution in [0.2, 0.25) is 0 Å². The highest BCUT2D eigenvalue weighted by Gasteiger charge is 2.17. The summed E-state index contributed by atoms with van der Waals surface area (Å²) in [6.45, 7) is 3.99. The van der Waals surface area contributed by atoms with Crippen molar-refractivity contribution in [1.82, 2.24) is 10.2 Å². The lowest BCUT2D eigenvalue weighted by atomic mass is 10.1. The van der Waals surface area contributed by atoms with Crippen LogP contribution in [0.1, 0.15) is 26.7 Å². The summed E-state index contributed by atoms with van der Waals surface area (Å²) in [5, 5.41) is 20.4. The van der Waals surface area contributed by atoms with Gasteiger partial charge in [0.2, 0.25) is 0 Å². The molecule has 2 unspecified atom stereocenters. The number of urea groups is 1. The summed E-state index contributed by atoms with van der Waals surface area (Å²) in [5.74, 6) is -1.46. The molecular weight excluding hydrogens is 224 g/mol. The van der Waals surface area contributed by atoms with Gasteiger partial charge in [-0.25, -0.2) is 4.79 Å². The second kappa shape index (κ2) is 7.89. The number of carboxylic acid groups (broad SMARTS) is 1. The second-order valence-corrected chi connectivity index (χ2v) is 4.19. The lowest BCUT2D eigenvalue weighted by Crippen LogP contribution is -2.41. The maximum absolute atomic E-state index is 11.5. The molecule has 0 saturated carbocycles. The number of nitrogens with zero attached hydrogens (tertiary/aromatic N) is 1. The smallest absolute Gasteiger partial charge is 0.317 e. The summed E-state index contributed by atoms with van der Waals surface area (Å²) in [4.78, 5) is 23.7. The van der Waals surface area contributed by atoms with Gasteiger partial charge in [-0.2, -0.15) is 0 Å². The number of hydrogen-bond donors (Lipinski definition) is 3. The molecule has 0 aliphatic carbocycles. The molecule has 0 aliphatic heterocycles. The molecule has 0 rings (SSSR count). The Bertz CT molecular complexity index is 256. The van der Waals surface area contributed by atoms with Crippen LogP contribution in [0.25, 0.3) is 0 Å². The van der Waals surface area contributed by atoms with Crippen molar-refractivity contribution in [1.29, 1.82) is 0 Å². The standard InChI is InChI=1S/C11H22N2O4/c1-4-9(10(15)16)7-12-11(17)13(3)6-5-8(2)14/h8-9,14H,4-7H2,1-3H3,(H,12,17)(H,15,16). The molecule has 0 aliphatic rings. The van der Waals surface area contributed by atoms with Gasteiger partial charge in [-0.05, 0) is 19.8 Å². The number of aliphatic hydroxyl groups is 1. The monoisotopic (exact) mass is 246 g/mol. The molecule has 6 heteroatoms. The van der Waals surface area contributed by atoms with Gasteiger partial charge < -0.3 is 20.4 Å². The molecule has 0 spiro atoms. The number of carboxylic acids is 1. The second-order valence-electron chi connectivity index (χ2n) is 4.19. The van der Waals surface area contributed by atoms with Crippen molar-refractivity contribution in [2.45, 2.75) is 32.8 Å². The van der Waals surface area contributed by atoms with Gasteiger partial charge in [0.1, 0.15) is 0 Å². The zero-order valence-corrected chi connectivity index (χ0v) is 10.6. The third kappa shape index (κ3) is 6.78. The molecule has 0 heterocycles. The molecule has 2 amide bonds. The van der Waals surface area contributed by atoms with E-state index in [-0.39, 0.29) is 12.6 Å². The number of amides is 2. The van der Waals surface area contributed by atoms with E-state index in [2.05, 4.69) is 5.32 Å². The fourth-order valence-electron chi connectivity index (χ4n) is 1.23. The van der Waals surface area contributed by atoms with Crippen molar-refractivity contribution >= 4 is 12.0 Å². The highest BCUT2D eigenvalue weighted by molar-refractivity contribution is 5.75. The van der Waals surface area contributed by atoms with Gasteiger partial charge in [0.25, 0.3) is 0 Å². The number of carbonyl (C=O) groups is 2. The van der Waals surface area contributed by atoms with Crippen LogP contribution in [-0.4, -0.2) is 53.4 Å². The average molecular weight is 246 g/mol. The Balaban J connectivity index is 3.95. The Morgan fingerprint density at radius 3 is 2.41 bits per heavy atom. The minimum atomic E-state index is -0.903. The van der Waals surface area contributed by atoms with Gasteiger partial charge >= 0.3 is 12.0 Å². The minimum absolute atomic E-state index is 0.129. The minimum Gasteiger partial charge on any atom is -0.481 e. The van der Waals surface area contributed by atoms with Crippen LogP contribution in [0.3, 0.4) is 0 Å². The summed E-state index contributed by atoms with van der Waals surface area (Å²) in [6, 6.07) is -0.314. The number of hydrogen-bond acceptors (Lipinski definition) is 3. The van der Waals surface area contributed by atoms with E-state index < -0.39 is 18.0 Å². The van der Waals surface area contributed by atoms with Gasteiger partial charge in [0.05, 0.1) is 12.0 Å². The number of nitrogens with one attached hydrogen (secondary N) is 1. The van der Waals surface area contributed by atoms with E-state index >= 15 is 0 Å². The molecule has 6 nitrogen and oxygen atoms in total. The Kier molecular flexibility index (Phi) is 7.29. The van der Waals surface area contributed by atoms with E-state index in [1.165, 1.54) is 4.90 Å². The average Bonchev–Trinajstić information content (AvgIpc) is 2.25. The predicted octanol–water partition coefficient (Wildman–Crippen LogP) is 0.509. The largest absolute Gasteiger partial charge is 0.481 e. The molecule has 0 aromatic rings. The number of aliphatic hydroxyl groups excluding tert-OH is 1. The zero-order chi connectivity index (χ0) is 13.4. The number of carbonyl (C=O) groups excluding carboxylic acids is 1. The van der Waals surface area contributed by atoms with E-state index in [0.29, 0.717) is 19.4 Å². The summed E-state index contributed by atoms with van der Waals surface area (Å²) in [5.41, 5.74) is 0. The first kappa shape index (κ1) is 15.7. The highest BCUT2D eigenvalue weighted by Crippen LogP contribution is 2.01. The van der Waals surface area contributed by atoms with Gasteiger partial charge in [0.15, 0.2) is 0 Å². The van der Waals surface area contributed by atoms with Crippen LogP contribution in [-0.2, 0) is 4.79 Å². The third-order valence-corrected chi connectivity index (χ3v) is 2.57. The van der Waals surface area contributed by atoms with E-state index in [1.807, 2.05) is 0 Å². The lowest BCUT2D eigenvalue weighted by Gasteiger charge is -2.20. The fraction of sp³-hybridized carbons (Fsp3) is 0.818. The molecule has 0 bridgehead atoms. The quantitative estimate of drug-likeness (QED) is 0.610. The lowest BCUT2D eigenvalue weighted by molar-refractivity contribution is -0.141. The van der Waals surface area contributed by atoms with Crippen LogP contribution in [0.4, 0.5) is 4.79 Å². The molecule has 100 valence electrons. The molecule has 0 radical (unpaired) electrons. The summed E-state index contributed by atoms with van der Waals surface area (Å²) < 4.78 is 0. The number of rotatable bonds is 7. The summed E-state index contributed by atoms with van der Waals surface area (Å²) in [6.07, 6.45) is 0.528. The maximum Gasteiger partial charge on any atom is 0.317 e. The van der Waals surface area contributed by atoms with Gasteiger partial charge in [0, 0.05) is 20.1 Å². The van der Waals surface area contributed by atoms with Crippen molar-refractivity contribution in [2.24, 2.45) is 5.92 Å². The predicted molar refractivity (Wildman–Crippen MR) is 63.7 cm³/mol. The zero-order valence-electron chi connectivity index (χ0n) is 10.6. The molecule has 0 aromatic carbocycles. The molecule has 0 fully saturated rings. The van der Waals surface area contributed by atoms with Crippen LogP contribution >= 0.6 is 0 Å². The Hall–Kier alpha value is -1.30. The normalized spacial score (nSPS) is 13.9. The summed E-state index contributed by atoms with van der Waals surface area (Å²) in [7, 11) is 1.61. The fourth-order valence-corrected chi connectivity index (χ4v) is 1.23. The Morgan fingerprint density at radius 2 is 2.00 bits per heavy atom. The molecule has 0 saturated heterocycles. The van der Waals surface area contributed by atoms with Crippen molar-refractivity contribution in [3.05, 3.63) is 0 Å².